The van der Waals surface area contributed by atoms with Crippen LogP contribution in [0, 0.1) is 5.92 Å². The number of benzene rings is 1. The molecule has 18 heavy (non-hydrogen) atoms. The molecule has 1 aromatic rings. The summed E-state index contributed by atoms with van der Waals surface area (Å²) < 4.78 is 0. The zero-order valence-electron chi connectivity index (χ0n) is 11.1. The Morgan fingerprint density at radius 3 is 2.83 bits per heavy atom. The lowest BCUT2D eigenvalue weighted by Gasteiger charge is -2.28. The molecule has 2 atom stereocenters. The smallest absolute Gasteiger partial charge is 0.237 e. The van der Waals surface area contributed by atoms with Crippen molar-refractivity contribution in [3.05, 3.63) is 35.4 Å². The average molecular weight is 246 g/mol. The largest absolute Gasteiger partial charge is 0.348 e. The van der Waals surface area contributed by atoms with Crippen molar-refractivity contribution in [2.24, 2.45) is 11.7 Å². The average Bonchev–Trinajstić information content (AvgIpc) is 2.38. The lowest BCUT2D eigenvalue weighted by molar-refractivity contribution is -0.124. The second kappa shape index (κ2) is 5.53. The molecule has 0 aromatic heterocycles. The number of rotatable bonds is 3. The molecule has 3 N–H and O–H groups in total. The van der Waals surface area contributed by atoms with Crippen LogP contribution in [0.1, 0.15) is 43.9 Å². The number of carbonyl (C=O) groups is 1. The third-order valence-electron chi connectivity index (χ3n) is 3.71. The minimum atomic E-state index is -0.418. The van der Waals surface area contributed by atoms with Gasteiger partial charge in [-0.15, -0.1) is 0 Å². The molecule has 0 aliphatic heterocycles. The Morgan fingerprint density at radius 2 is 2.11 bits per heavy atom. The summed E-state index contributed by atoms with van der Waals surface area (Å²) in [6.45, 7) is 3.94. The van der Waals surface area contributed by atoms with Crippen molar-refractivity contribution in [3.8, 4) is 0 Å². The molecule has 0 saturated heterocycles. The van der Waals surface area contributed by atoms with Crippen LogP contribution in [0.2, 0.25) is 0 Å². The van der Waals surface area contributed by atoms with Gasteiger partial charge in [0.25, 0.3) is 0 Å². The highest BCUT2D eigenvalue weighted by Crippen LogP contribution is 2.29. The minimum Gasteiger partial charge on any atom is -0.348 e. The Kier molecular flexibility index (Phi) is 4.02. The number of nitrogens with two attached hydrogens (primary N) is 1. The predicted octanol–water partition coefficient (Wildman–Crippen LogP) is 2.16. The first-order valence-corrected chi connectivity index (χ1v) is 6.73. The lowest BCUT2D eigenvalue weighted by Crippen LogP contribution is -2.45. The normalized spacial score (nSPS) is 20.3. The summed E-state index contributed by atoms with van der Waals surface area (Å²) >= 11 is 0. The molecule has 3 heteroatoms. The van der Waals surface area contributed by atoms with E-state index in [1.807, 2.05) is 19.9 Å². The second-order valence-electron chi connectivity index (χ2n) is 5.42. The molecule has 2 rings (SSSR count). The van der Waals surface area contributed by atoms with Crippen LogP contribution in [0.15, 0.2) is 24.3 Å². The SMILES string of the molecule is CC(C)C(N)C(=O)NC1CCCc2ccccc21. The van der Waals surface area contributed by atoms with Gasteiger partial charge in [0, 0.05) is 0 Å². The van der Waals surface area contributed by atoms with E-state index >= 15 is 0 Å². The Hall–Kier alpha value is -1.35. The fourth-order valence-electron chi connectivity index (χ4n) is 2.47. The van der Waals surface area contributed by atoms with E-state index in [4.69, 9.17) is 5.73 Å². The summed E-state index contributed by atoms with van der Waals surface area (Å²) in [5.41, 5.74) is 8.50. The van der Waals surface area contributed by atoms with Crippen molar-refractivity contribution in [2.45, 2.75) is 45.2 Å². The molecule has 0 saturated carbocycles. The predicted molar refractivity (Wildman–Crippen MR) is 73.1 cm³/mol. The number of aryl methyl sites for hydroxylation is 1. The summed E-state index contributed by atoms with van der Waals surface area (Å²) in [6, 6.07) is 8.07. The van der Waals surface area contributed by atoms with Crippen molar-refractivity contribution in [1.82, 2.24) is 5.32 Å². The molecule has 1 aliphatic rings. The Balaban J connectivity index is 2.10. The first-order valence-electron chi connectivity index (χ1n) is 6.73. The van der Waals surface area contributed by atoms with E-state index in [0.717, 1.165) is 19.3 Å². The van der Waals surface area contributed by atoms with Gasteiger partial charge in [0.15, 0.2) is 0 Å². The molecule has 1 aromatic carbocycles. The van der Waals surface area contributed by atoms with Gasteiger partial charge in [0.05, 0.1) is 12.1 Å². The topological polar surface area (TPSA) is 55.1 Å². The van der Waals surface area contributed by atoms with Gasteiger partial charge >= 0.3 is 0 Å². The molecule has 98 valence electrons. The number of carbonyl (C=O) groups excluding carboxylic acids is 1. The molecule has 0 radical (unpaired) electrons. The van der Waals surface area contributed by atoms with Gasteiger partial charge in [0.1, 0.15) is 0 Å². The molecule has 0 bridgehead atoms. The number of fused-ring (bicyclic) bond motifs is 1. The van der Waals surface area contributed by atoms with Crippen molar-refractivity contribution in [3.63, 3.8) is 0 Å². The Bertz CT molecular complexity index is 428. The van der Waals surface area contributed by atoms with Gasteiger partial charge in [-0.1, -0.05) is 38.1 Å². The monoisotopic (exact) mass is 246 g/mol. The van der Waals surface area contributed by atoms with Gasteiger partial charge in [0.2, 0.25) is 5.91 Å². The van der Waals surface area contributed by atoms with E-state index in [0.29, 0.717) is 0 Å². The first kappa shape index (κ1) is 13.1. The van der Waals surface area contributed by atoms with Gasteiger partial charge in [-0.05, 0) is 36.3 Å². The fourth-order valence-corrected chi connectivity index (χ4v) is 2.47. The summed E-state index contributed by atoms with van der Waals surface area (Å²) in [5, 5.41) is 3.09. The lowest BCUT2D eigenvalue weighted by atomic mass is 9.87. The molecule has 0 heterocycles. The molecular formula is C15H22N2O. The van der Waals surface area contributed by atoms with Crippen molar-refractivity contribution < 1.29 is 4.79 Å². The second-order valence-corrected chi connectivity index (χ2v) is 5.42. The van der Waals surface area contributed by atoms with Crippen molar-refractivity contribution in [2.75, 3.05) is 0 Å². The molecule has 0 spiro atoms. The van der Waals surface area contributed by atoms with Crippen molar-refractivity contribution >= 4 is 5.91 Å². The van der Waals surface area contributed by atoms with Crippen LogP contribution in [-0.4, -0.2) is 11.9 Å². The van der Waals surface area contributed by atoms with Crippen LogP contribution in [0.25, 0.3) is 0 Å². The van der Waals surface area contributed by atoms with Gasteiger partial charge in [-0.25, -0.2) is 0 Å². The van der Waals surface area contributed by atoms with Gasteiger partial charge < -0.3 is 11.1 Å². The Morgan fingerprint density at radius 1 is 1.39 bits per heavy atom. The standard InChI is InChI=1S/C15H22N2O/c1-10(2)14(16)15(18)17-13-9-5-7-11-6-3-4-8-12(11)13/h3-4,6,8,10,13-14H,5,7,9,16H2,1-2H3,(H,17,18). The van der Waals surface area contributed by atoms with Crippen molar-refractivity contribution in [1.29, 1.82) is 0 Å². The molecule has 1 amide bonds. The molecule has 3 nitrogen and oxygen atoms in total. The van der Waals surface area contributed by atoms with Crippen LogP contribution in [0.3, 0.4) is 0 Å². The molecule has 0 fully saturated rings. The van der Waals surface area contributed by atoms with Gasteiger partial charge in [-0.2, -0.15) is 0 Å². The summed E-state index contributed by atoms with van der Waals surface area (Å²) in [4.78, 5) is 12.0. The van der Waals surface area contributed by atoms with E-state index in [9.17, 15) is 4.79 Å². The van der Waals surface area contributed by atoms with Crippen LogP contribution >= 0.6 is 0 Å². The van der Waals surface area contributed by atoms with Gasteiger partial charge in [-0.3, -0.25) is 4.79 Å². The first-order chi connectivity index (χ1) is 8.59. The summed E-state index contributed by atoms with van der Waals surface area (Å²) in [7, 11) is 0. The summed E-state index contributed by atoms with van der Waals surface area (Å²) in [5.74, 6) is 0.135. The Labute approximate surface area is 109 Å². The maximum Gasteiger partial charge on any atom is 0.237 e. The highest BCUT2D eigenvalue weighted by molar-refractivity contribution is 5.82. The molecular weight excluding hydrogens is 224 g/mol. The van der Waals surface area contributed by atoms with E-state index in [2.05, 4.69) is 23.5 Å². The van der Waals surface area contributed by atoms with E-state index in [1.54, 1.807) is 0 Å². The van der Waals surface area contributed by atoms with Crippen LogP contribution in [0.4, 0.5) is 0 Å². The number of nitrogens with one attached hydrogen (secondary N) is 1. The third kappa shape index (κ3) is 2.72. The molecule has 2 unspecified atom stereocenters. The van der Waals surface area contributed by atoms with Crippen LogP contribution in [0.5, 0.6) is 0 Å². The highest BCUT2D eigenvalue weighted by Gasteiger charge is 2.24. The maximum atomic E-state index is 12.0. The zero-order chi connectivity index (χ0) is 13.1. The highest BCUT2D eigenvalue weighted by atomic mass is 16.2. The van der Waals surface area contributed by atoms with E-state index in [1.165, 1.54) is 11.1 Å². The number of hydrogen-bond acceptors (Lipinski definition) is 2. The van der Waals surface area contributed by atoms with Crippen LogP contribution in [-0.2, 0) is 11.2 Å². The fraction of sp³-hybridized carbons (Fsp3) is 0.533. The number of hydrogen-bond donors (Lipinski definition) is 2. The quantitative estimate of drug-likeness (QED) is 0.858. The minimum absolute atomic E-state index is 0.0355. The summed E-state index contributed by atoms with van der Waals surface area (Å²) in [6.07, 6.45) is 3.24. The maximum absolute atomic E-state index is 12.0. The van der Waals surface area contributed by atoms with E-state index in [-0.39, 0.29) is 17.9 Å². The van der Waals surface area contributed by atoms with Crippen LogP contribution < -0.4 is 11.1 Å². The number of amides is 1. The zero-order valence-corrected chi connectivity index (χ0v) is 11.1. The molecule has 1 aliphatic carbocycles. The third-order valence-corrected chi connectivity index (χ3v) is 3.71. The van der Waals surface area contributed by atoms with E-state index < -0.39 is 6.04 Å².